The van der Waals surface area contributed by atoms with E-state index in [1.165, 1.54) is 173 Å². The SMILES string of the molecule is CCC(C)CCCCCCCCCCCCCCCCC(=O)O[C@H](COC(=O)CCCCCCCCC(C)C)COP(=O)(O)OC[C@@H](O)COP(=O)(O)OC[C@@H](COC(=O)CCCCCCCCC(C)CC)OC(=O)CCCCCCCCCCCCCCCCC(C)CC. The van der Waals surface area contributed by atoms with E-state index in [-0.39, 0.29) is 25.7 Å². The molecule has 17 nitrogen and oxygen atoms in total. The lowest BCUT2D eigenvalue weighted by Gasteiger charge is -2.21. The van der Waals surface area contributed by atoms with Crippen molar-refractivity contribution in [1.82, 2.24) is 0 Å². The number of hydrogen-bond donors (Lipinski definition) is 3. The highest BCUT2D eigenvalue weighted by molar-refractivity contribution is 7.47. The summed E-state index contributed by atoms with van der Waals surface area (Å²) < 4.78 is 68.5. The summed E-state index contributed by atoms with van der Waals surface area (Å²) in [6.07, 6.45) is 50.0. The Morgan fingerprint density at radius 1 is 0.295 bits per heavy atom. The Balaban J connectivity index is 5.20. The van der Waals surface area contributed by atoms with Crippen molar-refractivity contribution in [1.29, 1.82) is 0 Å². The zero-order chi connectivity index (χ0) is 70.3. The minimum Gasteiger partial charge on any atom is -0.462 e. The summed E-state index contributed by atoms with van der Waals surface area (Å²) in [5, 5.41) is 10.6. The highest BCUT2D eigenvalue weighted by Gasteiger charge is 2.30. The molecule has 0 rings (SSSR count). The number of aliphatic hydroxyl groups excluding tert-OH is 1. The summed E-state index contributed by atoms with van der Waals surface area (Å²) in [7, 11) is -9.91. The van der Waals surface area contributed by atoms with Crippen LogP contribution in [0.5, 0.6) is 0 Å². The minimum atomic E-state index is -4.96. The lowest BCUT2D eigenvalue weighted by Crippen LogP contribution is -2.30. The van der Waals surface area contributed by atoms with E-state index in [4.69, 9.17) is 37.0 Å². The van der Waals surface area contributed by atoms with Gasteiger partial charge in [-0.1, -0.05) is 331 Å². The van der Waals surface area contributed by atoms with Gasteiger partial charge in [0.1, 0.15) is 19.3 Å². The Morgan fingerprint density at radius 3 is 0.747 bits per heavy atom. The third-order valence-corrected chi connectivity index (χ3v) is 20.6. The summed E-state index contributed by atoms with van der Waals surface area (Å²) >= 11 is 0. The molecule has 0 amide bonds. The molecule has 19 heteroatoms. The largest absolute Gasteiger partial charge is 0.472 e. The number of phosphoric ester groups is 2. The van der Waals surface area contributed by atoms with E-state index < -0.39 is 97.5 Å². The highest BCUT2D eigenvalue weighted by atomic mass is 31.2. The highest BCUT2D eigenvalue weighted by Crippen LogP contribution is 2.45. The number of aliphatic hydroxyl groups is 1. The lowest BCUT2D eigenvalue weighted by atomic mass is 9.99. The van der Waals surface area contributed by atoms with Gasteiger partial charge in [-0.05, 0) is 49.4 Å². The molecule has 3 N–H and O–H groups in total. The number of rotatable bonds is 73. The van der Waals surface area contributed by atoms with Gasteiger partial charge in [-0.25, -0.2) is 9.13 Å². The van der Waals surface area contributed by atoms with E-state index in [2.05, 4.69) is 55.4 Å². The van der Waals surface area contributed by atoms with Crippen LogP contribution in [0.3, 0.4) is 0 Å². The number of hydrogen-bond acceptors (Lipinski definition) is 15. The van der Waals surface area contributed by atoms with Gasteiger partial charge >= 0.3 is 39.5 Å². The molecule has 5 unspecified atom stereocenters. The normalized spacial score (nSPS) is 15.0. The molecular weight excluding hydrogens is 1250 g/mol. The van der Waals surface area contributed by atoms with Gasteiger partial charge in [0, 0.05) is 25.7 Å². The monoisotopic (exact) mass is 1400 g/mol. The van der Waals surface area contributed by atoms with Crippen LogP contribution in [0.15, 0.2) is 0 Å². The van der Waals surface area contributed by atoms with Crippen LogP contribution in [0.1, 0.15) is 383 Å². The molecule has 0 spiro atoms. The minimum absolute atomic E-state index is 0.106. The third-order valence-electron chi connectivity index (χ3n) is 18.7. The topological polar surface area (TPSA) is 237 Å². The number of unbranched alkanes of at least 4 members (excludes halogenated alkanes) is 36. The standard InChI is InChI=1S/C76H148O17P2/c1-9-67(6)53-45-37-28-24-20-16-12-14-18-22-26-30-42-50-58-75(80)92-71(62-86-73(78)56-48-40-34-32-36-44-52-66(4)5)64-90-94(82,83)88-60-70(77)61-89-95(84,85)91-65-72(63-87-74(79)57-49-41-35-33-39-47-55-69(8)11-3)93-76(81)59-51-43-31-27-23-19-15-13-17-21-25-29-38-46-54-68(7)10-2/h66-72,77H,9-65H2,1-8H3,(H,82,83)(H,84,85)/t67?,68?,69?,70-,71-,72-/m1/s1. The first-order valence-electron chi connectivity index (χ1n) is 39.3. The molecule has 0 aromatic rings. The Labute approximate surface area is 581 Å². The first kappa shape index (κ1) is 93.1. The maximum atomic E-state index is 13.1. The number of esters is 4. The van der Waals surface area contributed by atoms with Gasteiger partial charge in [-0.3, -0.25) is 37.3 Å². The van der Waals surface area contributed by atoms with Crippen molar-refractivity contribution in [2.75, 3.05) is 39.6 Å². The van der Waals surface area contributed by atoms with E-state index >= 15 is 0 Å². The number of carbonyl (C=O) groups is 4. The van der Waals surface area contributed by atoms with E-state index in [1.54, 1.807) is 0 Å². The molecular formula is C76H148O17P2. The molecule has 0 fully saturated rings. The van der Waals surface area contributed by atoms with Crippen LogP contribution in [0, 0.1) is 23.7 Å². The van der Waals surface area contributed by atoms with Gasteiger partial charge < -0.3 is 33.8 Å². The molecule has 0 aromatic carbocycles. The second-order valence-electron chi connectivity index (χ2n) is 28.6. The summed E-state index contributed by atoms with van der Waals surface area (Å²) in [4.78, 5) is 72.7. The molecule has 95 heavy (non-hydrogen) atoms. The Bertz CT molecular complexity index is 1870. The van der Waals surface area contributed by atoms with Gasteiger partial charge in [0.15, 0.2) is 12.2 Å². The Hall–Kier alpha value is -1.94. The predicted octanol–water partition coefficient (Wildman–Crippen LogP) is 22.0. The fourth-order valence-electron chi connectivity index (χ4n) is 11.5. The maximum Gasteiger partial charge on any atom is 0.472 e. The van der Waals surface area contributed by atoms with Crippen molar-refractivity contribution in [2.24, 2.45) is 23.7 Å². The van der Waals surface area contributed by atoms with Crippen LogP contribution in [-0.4, -0.2) is 96.7 Å². The van der Waals surface area contributed by atoms with Crippen LogP contribution in [0.2, 0.25) is 0 Å². The second kappa shape index (κ2) is 65.4. The Kier molecular flexibility index (Phi) is 64.0. The maximum absolute atomic E-state index is 13.1. The summed E-state index contributed by atoms with van der Waals surface area (Å²) in [5.74, 6) is 0.978. The number of phosphoric acid groups is 2. The average molecular weight is 1400 g/mol. The molecule has 0 aliphatic heterocycles. The molecule has 0 heterocycles. The van der Waals surface area contributed by atoms with Gasteiger partial charge in [0.25, 0.3) is 0 Å². The van der Waals surface area contributed by atoms with Crippen molar-refractivity contribution in [3.8, 4) is 0 Å². The van der Waals surface area contributed by atoms with Crippen LogP contribution in [0.4, 0.5) is 0 Å². The molecule has 0 aliphatic rings. The second-order valence-corrected chi connectivity index (χ2v) is 31.5. The van der Waals surface area contributed by atoms with Crippen LogP contribution in [-0.2, 0) is 65.4 Å². The fraction of sp³-hybridized carbons (Fsp3) is 0.947. The molecule has 564 valence electrons. The summed E-state index contributed by atoms with van der Waals surface area (Å²) in [5.41, 5.74) is 0. The third kappa shape index (κ3) is 66.4. The molecule has 0 bridgehead atoms. The van der Waals surface area contributed by atoms with Crippen molar-refractivity contribution in [3.05, 3.63) is 0 Å². The van der Waals surface area contributed by atoms with Gasteiger partial charge in [0.2, 0.25) is 0 Å². The molecule has 8 atom stereocenters. The first-order chi connectivity index (χ1) is 45.7. The molecule has 0 aliphatic carbocycles. The van der Waals surface area contributed by atoms with E-state index in [1.807, 2.05) is 0 Å². The quantitative estimate of drug-likeness (QED) is 0.0222. The zero-order valence-corrected chi connectivity index (χ0v) is 64.1. The van der Waals surface area contributed by atoms with E-state index in [0.29, 0.717) is 31.6 Å². The predicted molar refractivity (Wildman–Crippen MR) is 386 cm³/mol. The number of carbonyl (C=O) groups excluding carboxylic acids is 4. The number of ether oxygens (including phenoxy) is 4. The summed E-state index contributed by atoms with van der Waals surface area (Å²) in [6.45, 7) is 14.2. The van der Waals surface area contributed by atoms with Crippen molar-refractivity contribution in [3.63, 3.8) is 0 Å². The molecule has 0 aromatic heterocycles. The van der Waals surface area contributed by atoms with Crippen molar-refractivity contribution >= 4 is 39.5 Å². The molecule has 0 saturated heterocycles. The van der Waals surface area contributed by atoms with Gasteiger partial charge in [-0.15, -0.1) is 0 Å². The Morgan fingerprint density at radius 2 is 0.505 bits per heavy atom. The van der Waals surface area contributed by atoms with Crippen molar-refractivity contribution in [2.45, 2.75) is 401 Å². The smallest absolute Gasteiger partial charge is 0.462 e. The zero-order valence-electron chi connectivity index (χ0n) is 62.3. The van der Waals surface area contributed by atoms with Crippen LogP contribution in [0.25, 0.3) is 0 Å². The molecule has 0 saturated carbocycles. The van der Waals surface area contributed by atoms with Crippen molar-refractivity contribution < 1.29 is 80.2 Å². The molecule has 0 radical (unpaired) electrons. The van der Waals surface area contributed by atoms with E-state index in [9.17, 15) is 43.2 Å². The van der Waals surface area contributed by atoms with Crippen LogP contribution < -0.4 is 0 Å². The van der Waals surface area contributed by atoms with Crippen LogP contribution >= 0.6 is 15.6 Å². The van der Waals surface area contributed by atoms with E-state index in [0.717, 1.165) is 120 Å². The average Bonchev–Trinajstić information content (AvgIpc) is 2.94. The van der Waals surface area contributed by atoms with Gasteiger partial charge in [0.05, 0.1) is 26.4 Å². The fourth-order valence-corrected chi connectivity index (χ4v) is 13.0. The van der Waals surface area contributed by atoms with Gasteiger partial charge in [-0.2, -0.15) is 0 Å². The lowest BCUT2D eigenvalue weighted by molar-refractivity contribution is -0.161. The summed E-state index contributed by atoms with van der Waals surface area (Å²) in [6, 6.07) is 0. The first-order valence-corrected chi connectivity index (χ1v) is 42.3.